The molecule has 3 rings (SSSR count). The zero-order valence-electron chi connectivity index (χ0n) is 11.3. The van der Waals surface area contributed by atoms with Gasteiger partial charge < -0.3 is 10.1 Å². The van der Waals surface area contributed by atoms with E-state index < -0.39 is 5.97 Å². The number of carboxylic acid groups (broad SMARTS) is 1. The molecule has 112 valence electrons. The summed E-state index contributed by atoms with van der Waals surface area (Å²) in [5.74, 6) is -0.881. The van der Waals surface area contributed by atoms with E-state index in [9.17, 15) is 4.79 Å². The highest BCUT2D eigenvalue weighted by atomic mass is 35.5. The lowest BCUT2D eigenvalue weighted by atomic mass is 10.2. The average molecular weight is 327 g/mol. The van der Waals surface area contributed by atoms with Crippen molar-refractivity contribution in [3.63, 3.8) is 0 Å². The van der Waals surface area contributed by atoms with Gasteiger partial charge in [0.15, 0.2) is 10.8 Å². The van der Waals surface area contributed by atoms with Crippen LogP contribution in [0.15, 0.2) is 17.4 Å². The molecule has 0 amide bonds. The summed E-state index contributed by atoms with van der Waals surface area (Å²) in [4.78, 5) is 19.7. The van der Waals surface area contributed by atoms with Crippen molar-refractivity contribution in [3.8, 4) is 0 Å². The molecule has 0 radical (unpaired) electrons. The number of hydrogen-bond acceptors (Lipinski definition) is 5. The molecule has 0 saturated carbocycles. The van der Waals surface area contributed by atoms with Gasteiger partial charge in [0.1, 0.15) is 5.52 Å². The molecule has 2 aromatic rings. The van der Waals surface area contributed by atoms with Crippen LogP contribution < -0.4 is 5.01 Å². The Balaban J connectivity index is 2.03. The molecular formula is C13H15ClN4O2S. The molecular weight excluding hydrogens is 312 g/mol. The first-order valence-electron chi connectivity index (χ1n) is 6.79. The topological polar surface area (TPSA) is 71.2 Å². The van der Waals surface area contributed by atoms with Crippen LogP contribution in [0.1, 0.15) is 19.3 Å². The van der Waals surface area contributed by atoms with Crippen molar-refractivity contribution in [1.29, 1.82) is 0 Å². The lowest BCUT2D eigenvalue weighted by Gasteiger charge is -2.30. The molecule has 0 unspecified atom stereocenters. The summed E-state index contributed by atoms with van der Waals surface area (Å²) >= 11 is 7.18. The molecule has 0 aliphatic carbocycles. The summed E-state index contributed by atoms with van der Waals surface area (Å²) in [5, 5.41) is 12.3. The first kappa shape index (κ1) is 14.5. The van der Waals surface area contributed by atoms with Crippen LogP contribution in [-0.2, 0) is 4.79 Å². The van der Waals surface area contributed by atoms with Crippen LogP contribution >= 0.6 is 23.4 Å². The Kier molecular flexibility index (Phi) is 4.21. The summed E-state index contributed by atoms with van der Waals surface area (Å²) < 4.78 is 1.94. The molecule has 0 atom stereocenters. The Morgan fingerprint density at radius 3 is 2.86 bits per heavy atom. The third kappa shape index (κ3) is 3.08. The summed E-state index contributed by atoms with van der Waals surface area (Å²) in [6.07, 6.45) is 5.06. The van der Waals surface area contributed by atoms with E-state index in [4.69, 9.17) is 16.7 Å². The number of aliphatic carboxylic acids is 1. The molecule has 0 aromatic carbocycles. The van der Waals surface area contributed by atoms with Crippen molar-refractivity contribution in [2.75, 3.05) is 23.9 Å². The number of imidazole rings is 1. The van der Waals surface area contributed by atoms with Gasteiger partial charge in [0.05, 0.1) is 10.8 Å². The van der Waals surface area contributed by atoms with Gasteiger partial charge in [-0.15, -0.1) is 0 Å². The third-order valence-corrected chi connectivity index (χ3v) is 4.47. The Labute approximate surface area is 131 Å². The van der Waals surface area contributed by atoms with Gasteiger partial charge in [0.25, 0.3) is 0 Å². The first-order chi connectivity index (χ1) is 10.1. The molecule has 1 saturated heterocycles. The van der Waals surface area contributed by atoms with E-state index in [1.165, 1.54) is 18.2 Å². The van der Waals surface area contributed by atoms with Crippen LogP contribution in [0.5, 0.6) is 0 Å². The van der Waals surface area contributed by atoms with E-state index in [0.29, 0.717) is 15.7 Å². The van der Waals surface area contributed by atoms with Crippen molar-refractivity contribution in [2.45, 2.75) is 24.4 Å². The predicted octanol–water partition coefficient (Wildman–Crippen LogP) is 2.38. The molecule has 1 aliphatic heterocycles. The second-order valence-corrected chi connectivity index (χ2v) is 6.28. The minimum Gasteiger partial charge on any atom is -0.481 e. The van der Waals surface area contributed by atoms with Crippen LogP contribution in [0.2, 0.25) is 5.02 Å². The SMILES string of the molecule is O=C(O)CSc1nc2cc(Cl)cnc2n1N1CCCCC1. The number of thioether (sulfide) groups is 1. The van der Waals surface area contributed by atoms with Crippen molar-refractivity contribution in [1.82, 2.24) is 14.6 Å². The number of piperidine rings is 1. The van der Waals surface area contributed by atoms with Crippen molar-refractivity contribution in [2.24, 2.45) is 0 Å². The van der Waals surface area contributed by atoms with E-state index in [1.54, 1.807) is 12.3 Å². The van der Waals surface area contributed by atoms with Crippen molar-refractivity contribution >= 4 is 40.5 Å². The van der Waals surface area contributed by atoms with Crippen molar-refractivity contribution in [3.05, 3.63) is 17.3 Å². The summed E-state index contributed by atoms with van der Waals surface area (Å²) in [6.45, 7) is 1.85. The molecule has 6 nitrogen and oxygen atoms in total. The molecule has 1 aliphatic rings. The fourth-order valence-corrected chi connectivity index (χ4v) is 3.35. The zero-order valence-corrected chi connectivity index (χ0v) is 12.9. The molecule has 1 N–H and O–H groups in total. The average Bonchev–Trinajstić information content (AvgIpc) is 2.83. The van der Waals surface area contributed by atoms with E-state index in [-0.39, 0.29) is 5.75 Å². The molecule has 8 heteroatoms. The fraction of sp³-hybridized carbons (Fsp3) is 0.462. The summed E-state index contributed by atoms with van der Waals surface area (Å²) in [6, 6.07) is 1.76. The predicted molar refractivity (Wildman–Crippen MR) is 82.7 cm³/mol. The normalized spacial score (nSPS) is 15.6. The quantitative estimate of drug-likeness (QED) is 0.870. The highest BCUT2D eigenvalue weighted by Crippen LogP contribution is 2.26. The maximum Gasteiger partial charge on any atom is 0.313 e. The maximum atomic E-state index is 10.8. The number of pyridine rings is 1. The number of carbonyl (C=O) groups is 1. The van der Waals surface area contributed by atoms with E-state index in [2.05, 4.69) is 15.0 Å². The number of hydrogen-bond donors (Lipinski definition) is 1. The lowest BCUT2D eigenvalue weighted by molar-refractivity contribution is -0.133. The Morgan fingerprint density at radius 2 is 2.14 bits per heavy atom. The molecule has 2 aromatic heterocycles. The van der Waals surface area contributed by atoms with Gasteiger partial charge >= 0.3 is 5.97 Å². The monoisotopic (exact) mass is 326 g/mol. The number of carboxylic acids is 1. The first-order valence-corrected chi connectivity index (χ1v) is 8.15. The highest BCUT2D eigenvalue weighted by Gasteiger charge is 2.20. The van der Waals surface area contributed by atoms with Gasteiger partial charge in [-0.05, 0) is 25.3 Å². The molecule has 21 heavy (non-hydrogen) atoms. The van der Waals surface area contributed by atoms with Crippen LogP contribution in [0.3, 0.4) is 0 Å². The largest absolute Gasteiger partial charge is 0.481 e. The van der Waals surface area contributed by atoms with Gasteiger partial charge in [-0.25, -0.2) is 14.6 Å². The molecule has 0 bridgehead atoms. The van der Waals surface area contributed by atoms with Crippen LogP contribution in [0.4, 0.5) is 0 Å². The molecule has 1 fully saturated rings. The Bertz CT molecular complexity index is 669. The van der Waals surface area contributed by atoms with Gasteiger partial charge in [-0.1, -0.05) is 23.4 Å². The van der Waals surface area contributed by atoms with Gasteiger partial charge in [-0.3, -0.25) is 4.79 Å². The second-order valence-electron chi connectivity index (χ2n) is 4.90. The van der Waals surface area contributed by atoms with Gasteiger partial charge in [-0.2, -0.15) is 0 Å². The van der Waals surface area contributed by atoms with Crippen LogP contribution in [-0.4, -0.2) is 44.6 Å². The number of halogens is 1. The van der Waals surface area contributed by atoms with E-state index >= 15 is 0 Å². The number of nitrogens with zero attached hydrogens (tertiary/aromatic N) is 4. The minimum absolute atomic E-state index is 0.0229. The smallest absolute Gasteiger partial charge is 0.313 e. The van der Waals surface area contributed by atoms with Crippen LogP contribution in [0, 0.1) is 0 Å². The minimum atomic E-state index is -0.858. The molecule has 0 spiro atoms. The van der Waals surface area contributed by atoms with E-state index in [1.807, 2.05) is 4.68 Å². The van der Waals surface area contributed by atoms with Gasteiger partial charge in [0.2, 0.25) is 0 Å². The second kappa shape index (κ2) is 6.11. The van der Waals surface area contributed by atoms with Gasteiger partial charge in [0, 0.05) is 19.3 Å². The Morgan fingerprint density at radius 1 is 1.38 bits per heavy atom. The van der Waals surface area contributed by atoms with E-state index in [0.717, 1.165) is 31.6 Å². The number of fused-ring (bicyclic) bond motifs is 1. The maximum absolute atomic E-state index is 10.8. The number of rotatable bonds is 4. The number of aromatic nitrogens is 3. The highest BCUT2D eigenvalue weighted by molar-refractivity contribution is 7.99. The lowest BCUT2D eigenvalue weighted by Crippen LogP contribution is -2.39. The van der Waals surface area contributed by atoms with Crippen molar-refractivity contribution < 1.29 is 9.90 Å². The zero-order chi connectivity index (χ0) is 14.8. The molecule has 3 heterocycles. The fourth-order valence-electron chi connectivity index (χ4n) is 2.46. The Hall–Kier alpha value is -1.47. The summed E-state index contributed by atoms with van der Waals surface area (Å²) in [5.41, 5.74) is 1.43. The standard InChI is InChI=1S/C13H15ClN4O2S/c14-9-6-10-12(15-7-9)18(17-4-2-1-3-5-17)13(16-10)21-8-11(19)20/h6-7H,1-5,8H2,(H,19,20). The summed E-state index contributed by atoms with van der Waals surface area (Å²) in [7, 11) is 0. The van der Waals surface area contributed by atoms with Crippen LogP contribution in [0.25, 0.3) is 11.2 Å². The third-order valence-electron chi connectivity index (χ3n) is 3.35.